The highest BCUT2D eigenvalue weighted by atomic mass is 16.5. The summed E-state index contributed by atoms with van der Waals surface area (Å²) in [7, 11) is 2.88. The first kappa shape index (κ1) is 18.1. The molecule has 0 aliphatic heterocycles. The molecule has 0 heterocycles. The van der Waals surface area contributed by atoms with Gasteiger partial charge in [-0.3, -0.25) is 4.79 Å². The third-order valence-corrected chi connectivity index (χ3v) is 4.50. The lowest BCUT2D eigenvalue weighted by molar-refractivity contribution is -0.116. The molecule has 0 radical (unpaired) electrons. The molecule has 1 aromatic carbocycles. The topological polar surface area (TPSA) is 84.9 Å². The van der Waals surface area contributed by atoms with Gasteiger partial charge in [0.15, 0.2) is 11.5 Å². The molecule has 0 atom stereocenters. The maximum atomic E-state index is 12.2. The van der Waals surface area contributed by atoms with E-state index in [9.17, 15) is 14.7 Å². The van der Waals surface area contributed by atoms with Gasteiger partial charge in [-0.25, -0.2) is 4.79 Å². The Morgan fingerprint density at radius 3 is 2.46 bits per heavy atom. The van der Waals surface area contributed by atoms with Gasteiger partial charge in [0.05, 0.1) is 25.5 Å². The van der Waals surface area contributed by atoms with E-state index in [-0.39, 0.29) is 17.2 Å². The van der Waals surface area contributed by atoms with Crippen LogP contribution in [0.3, 0.4) is 0 Å². The number of carboxylic acids is 1. The second kappa shape index (κ2) is 8.57. The number of carboxylic acid groups (broad SMARTS) is 1. The second-order valence-electron chi connectivity index (χ2n) is 6.16. The van der Waals surface area contributed by atoms with Gasteiger partial charge in [0, 0.05) is 6.42 Å². The molecule has 0 unspecified atom stereocenters. The van der Waals surface area contributed by atoms with Crippen molar-refractivity contribution in [1.82, 2.24) is 0 Å². The first-order chi connectivity index (χ1) is 11.5. The molecule has 1 fully saturated rings. The van der Waals surface area contributed by atoms with Gasteiger partial charge in [-0.2, -0.15) is 0 Å². The van der Waals surface area contributed by atoms with E-state index in [2.05, 4.69) is 5.32 Å². The minimum absolute atomic E-state index is 0.0373. The minimum Gasteiger partial charge on any atom is -0.493 e. The van der Waals surface area contributed by atoms with Crippen molar-refractivity contribution < 1.29 is 24.2 Å². The van der Waals surface area contributed by atoms with E-state index in [4.69, 9.17) is 9.47 Å². The van der Waals surface area contributed by atoms with Crippen LogP contribution in [0.1, 0.15) is 55.3 Å². The van der Waals surface area contributed by atoms with Gasteiger partial charge >= 0.3 is 5.97 Å². The van der Waals surface area contributed by atoms with Crippen LogP contribution in [0.2, 0.25) is 0 Å². The van der Waals surface area contributed by atoms with Crippen molar-refractivity contribution >= 4 is 17.6 Å². The minimum atomic E-state index is -1.09. The summed E-state index contributed by atoms with van der Waals surface area (Å²) in [6.07, 6.45) is 7.47. The predicted molar refractivity (Wildman–Crippen MR) is 90.9 cm³/mol. The van der Waals surface area contributed by atoms with Crippen LogP contribution in [0.25, 0.3) is 0 Å². The lowest BCUT2D eigenvalue weighted by atomic mass is 9.86. The fourth-order valence-corrected chi connectivity index (χ4v) is 3.20. The summed E-state index contributed by atoms with van der Waals surface area (Å²) in [6, 6.07) is 2.76. The number of carbonyl (C=O) groups is 2. The maximum Gasteiger partial charge on any atom is 0.335 e. The fourth-order valence-electron chi connectivity index (χ4n) is 3.20. The number of hydrogen-bond acceptors (Lipinski definition) is 4. The Balaban J connectivity index is 2.07. The average molecular weight is 335 g/mol. The normalized spacial score (nSPS) is 14.9. The van der Waals surface area contributed by atoms with Crippen LogP contribution < -0.4 is 14.8 Å². The zero-order chi connectivity index (χ0) is 17.5. The molecule has 0 saturated heterocycles. The van der Waals surface area contributed by atoms with Crippen molar-refractivity contribution in [3.8, 4) is 11.5 Å². The number of carbonyl (C=O) groups excluding carboxylic acids is 1. The Morgan fingerprint density at radius 2 is 1.88 bits per heavy atom. The molecule has 6 nitrogen and oxygen atoms in total. The fraction of sp³-hybridized carbons (Fsp3) is 0.556. The van der Waals surface area contributed by atoms with Crippen LogP contribution in [0, 0.1) is 5.92 Å². The summed E-state index contributed by atoms with van der Waals surface area (Å²) in [6.45, 7) is 0. The zero-order valence-electron chi connectivity index (χ0n) is 14.3. The van der Waals surface area contributed by atoms with Gasteiger partial charge in [0.1, 0.15) is 0 Å². The van der Waals surface area contributed by atoms with E-state index in [1.54, 1.807) is 0 Å². The van der Waals surface area contributed by atoms with Gasteiger partial charge in [0.2, 0.25) is 5.91 Å². The first-order valence-corrected chi connectivity index (χ1v) is 8.34. The number of amides is 1. The number of nitrogens with one attached hydrogen (secondary N) is 1. The molecule has 132 valence electrons. The van der Waals surface area contributed by atoms with E-state index >= 15 is 0 Å². The second-order valence-corrected chi connectivity index (χ2v) is 6.16. The molecule has 24 heavy (non-hydrogen) atoms. The van der Waals surface area contributed by atoms with Crippen LogP contribution in [-0.4, -0.2) is 31.2 Å². The van der Waals surface area contributed by atoms with E-state index in [0.717, 1.165) is 6.42 Å². The van der Waals surface area contributed by atoms with Crippen molar-refractivity contribution in [3.63, 3.8) is 0 Å². The van der Waals surface area contributed by atoms with Crippen molar-refractivity contribution in [2.75, 3.05) is 19.5 Å². The zero-order valence-corrected chi connectivity index (χ0v) is 14.3. The van der Waals surface area contributed by atoms with Crippen molar-refractivity contribution in [2.24, 2.45) is 5.92 Å². The van der Waals surface area contributed by atoms with Gasteiger partial charge < -0.3 is 19.9 Å². The molecule has 0 aromatic heterocycles. The highest BCUT2D eigenvalue weighted by Gasteiger charge is 2.19. The van der Waals surface area contributed by atoms with Gasteiger partial charge in [-0.15, -0.1) is 0 Å². The lowest BCUT2D eigenvalue weighted by Crippen LogP contribution is -2.16. The average Bonchev–Trinajstić information content (AvgIpc) is 2.60. The summed E-state index contributed by atoms with van der Waals surface area (Å²) < 4.78 is 10.4. The number of hydrogen-bond donors (Lipinski definition) is 2. The summed E-state index contributed by atoms with van der Waals surface area (Å²) in [5.74, 6) is -0.00287. The molecule has 2 rings (SSSR count). The Bertz CT molecular complexity index is 593. The van der Waals surface area contributed by atoms with E-state index in [0.29, 0.717) is 23.8 Å². The molecule has 0 bridgehead atoms. The molecule has 6 heteroatoms. The standard InChI is InChI=1S/C18H25NO5/c1-23-15-11-13(18(21)22)10-14(17(15)24-2)19-16(20)9-8-12-6-4-3-5-7-12/h10-12H,3-9H2,1-2H3,(H,19,20)(H,21,22). The SMILES string of the molecule is COc1cc(C(=O)O)cc(NC(=O)CCC2CCCCC2)c1OC. The largest absolute Gasteiger partial charge is 0.493 e. The Kier molecular flexibility index (Phi) is 6.46. The summed E-state index contributed by atoms with van der Waals surface area (Å²) in [4.78, 5) is 23.5. The molecule has 1 aliphatic rings. The number of aromatic carboxylic acids is 1. The quantitative estimate of drug-likeness (QED) is 0.793. The van der Waals surface area contributed by atoms with Crippen LogP contribution in [0.15, 0.2) is 12.1 Å². The third kappa shape index (κ3) is 4.63. The van der Waals surface area contributed by atoms with Crippen molar-refractivity contribution in [1.29, 1.82) is 0 Å². The van der Waals surface area contributed by atoms with Gasteiger partial charge in [-0.1, -0.05) is 32.1 Å². The molecular weight excluding hydrogens is 310 g/mol. The van der Waals surface area contributed by atoms with Crippen LogP contribution in [-0.2, 0) is 4.79 Å². The van der Waals surface area contributed by atoms with Crippen molar-refractivity contribution in [3.05, 3.63) is 17.7 Å². The Hall–Kier alpha value is -2.24. The van der Waals surface area contributed by atoms with Crippen LogP contribution >= 0.6 is 0 Å². The Morgan fingerprint density at radius 1 is 1.17 bits per heavy atom. The number of anilines is 1. The highest BCUT2D eigenvalue weighted by Crippen LogP contribution is 2.37. The number of rotatable bonds is 7. The number of methoxy groups -OCH3 is 2. The summed E-state index contributed by atoms with van der Waals surface area (Å²) >= 11 is 0. The molecule has 2 N–H and O–H groups in total. The molecular formula is C18H25NO5. The molecule has 1 saturated carbocycles. The molecule has 0 spiro atoms. The first-order valence-electron chi connectivity index (χ1n) is 8.34. The summed E-state index contributed by atoms with van der Waals surface area (Å²) in [5, 5.41) is 12.0. The number of ether oxygens (including phenoxy) is 2. The summed E-state index contributed by atoms with van der Waals surface area (Å²) in [5.41, 5.74) is 0.359. The predicted octanol–water partition coefficient (Wildman–Crippen LogP) is 3.70. The maximum absolute atomic E-state index is 12.2. The van der Waals surface area contributed by atoms with Gasteiger partial charge in [-0.05, 0) is 24.5 Å². The Labute approximate surface area is 142 Å². The van der Waals surface area contributed by atoms with Gasteiger partial charge in [0.25, 0.3) is 0 Å². The van der Waals surface area contributed by atoms with E-state index in [1.165, 1.54) is 58.5 Å². The van der Waals surface area contributed by atoms with E-state index in [1.807, 2.05) is 0 Å². The van der Waals surface area contributed by atoms with Crippen molar-refractivity contribution in [2.45, 2.75) is 44.9 Å². The third-order valence-electron chi connectivity index (χ3n) is 4.50. The molecule has 1 aliphatic carbocycles. The number of benzene rings is 1. The lowest BCUT2D eigenvalue weighted by Gasteiger charge is -2.21. The van der Waals surface area contributed by atoms with Crippen LogP contribution in [0.4, 0.5) is 5.69 Å². The monoisotopic (exact) mass is 335 g/mol. The molecule has 1 amide bonds. The molecule has 1 aromatic rings. The highest BCUT2D eigenvalue weighted by molar-refractivity contribution is 5.96. The smallest absolute Gasteiger partial charge is 0.335 e. The van der Waals surface area contributed by atoms with Crippen LogP contribution in [0.5, 0.6) is 11.5 Å². The van der Waals surface area contributed by atoms with E-state index < -0.39 is 5.97 Å².